The summed E-state index contributed by atoms with van der Waals surface area (Å²) in [6.07, 6.45) is -0.286. The highest BCUT2D eigenvalue weighted by atomic mass is 35.5. The summed E-state index contributed by atoms with van der Waals surface area (Å²) in [6, 6.07) is 2.51. The van der Waals surface area contributed by atoms with Crippen LogP contribution in [0.4, 0.5) is 5.69 Å². The van der Waals surface area contributed by atoms with Crippen LogP contribution in [0.3, 0.4) is 0 Å². The molecule has 0 aliphatic heterocycles. The zero-order valence-corrected chi connectivity index (χ0v) is 9.71. The maximum absolute atomic E-state index is 11.1. The van der Waals surface area contributed by atoms with E-state index < -0.39 is 10.9 Å². The van der Waals surface area contributed by atoms with Crippen molar-refractivity contribution >= 4 is 34.9 Å². The van der Waals surface area contributed by atoms with Crippen LogP contribution in [0.2, 0.25) is 10.0 Å². The first-order valence-corrected chi connectivity index (χ1v) is 4.91. The van der Waals surface area contributed by atoms with Gasteiger partial charge < -0.3 is 4.74 Å². The van der Waals surface area contributed by atoms with Crippen LogP contribution in [0.25, 0.3) is 0 Å². The molecule has 0 aliphatic carbocycles. The number of ether oxygens (including phenoxy) is 1. The molecule has 0 saturated heterocycles. The number of hydrogen-bond donors (Lipinski definition) is 0. The van der Waals surface area contributed by atoms with E-state index in [0.29, 0.717) is 0 Å². The Morgan fingerprint density at radius 1 is 1.50 bits per heavy atom. The van der Waals surface area contributed by atoms with Crippen molar-refractivity contribution in [3.63, 3.8) is 0 Å². The van der Waals surface area contributed by atoms with Crippen LogP contribution in [0.1, 0.15) is 5.56 Å². The highest BCUT2D eigenvalue weighted by molar-refractivity contribution is 6.42. The molecule has 0 fully saturated rings. The molecule has 86 valence electrons. The summed E-state index contributed by atoms with van der Waals surface area (Å²) in [7, 11) is 1.19. The van der Waals surface area contributed by atoms with Crippen LogP contribution in [0, 0.1) is 10.1 Å². The Hall–Kier alpha value is -1.33. The fourth-order valence-electron chi connectivity index (χ4n) is 1.14. The molecular weight excluding hydrogens is 257 g/mol. The molecule has 7 heteroatoms. The van der Waals surface area contributed by atoms with Crippen LogP contribution in [0.5, 0.6) is 0 Å². The Morgan fingerprint density at radius 3 is 2.62 bits per heavy atom. The number of nitrogens with zero attached hydrogens (tertiary/aromatic N) is 1. The number of benzene rings is 1. The number of nitro benzene ring substituents is 1. The average Bonchev–Trinajstić information content (AvgIpc) is 2.24. The molecule has 1 aromatic rings. The van der Waals surface area contributed by atoms with E-state index in [4.69, 9.17) is 23.2 Å². The molecule has 5 nitrogen and oxygen atoms in total. The summed E-state index contributed by atoms with van der Waals surface area (Å²) in [5, 5.41) is 10.9. The van der Waals surface area contributed by atoms with Gasteiger partial charge in [-0.15, -0.1) is 0 Å². The first-order valence-electron chi connectivity index (χ1n) is 4.15. The number of halogens is 2. The second-order valence-electron chi connectivity index (χ2n) is 2.87. The Morgan fingerprint density at radius 2 is 2.12 bits per heavy atom. The van der Waals surface area contributed by atoms with E-state index in [9.17, 15) is 14.9 Å². The van der Waals surface area contributed by atoms with Gasteiger partial charge in [0.1, 0.15) is 0 Å². The van der Waals surface area contributed by atoms with Crippen LogP contribution in [0.15, 0.2) is 12.1 Å². The molecular formula is C9H7Cl2NO4. The number of hydrogen-bond acceptors (Lipinski definition) is 4. The van der Waals surface area contributed by atoms with Crippen molar-refractivity contribution in [1.82, 2.24) is 0 Å². The smallest absolute Gasteiger partial charge is 0.310 e. The summed E-state index contributed by atoms with van der Waals surface area (Å²) in [4.78, 5) is 21.2. The topological polar surface area (TPSA) is 69.4 Å². The second-order valence-corrected chi connectivity index (χ2v) is 3.65. The normalized spacial score (nSPS) is 9.94. The third-order valence-electron chi connectivity index (χ3n) is 1.92. The van der Waals surface area contributed by atoms with Crippen LogP contribution < -0.4 is 0 Å². The van der Waals surface area contributed by atoms with E-state index in [1.165, 1.54) is 19.2 Å². The number of carbonyl (C=O) groups excluding carboxylic acids is 1. The molecule has 0 N–H and O–H groups in total. The lowest BCUT2D eigenvalue weighted by atomic mass is 10.1. The lowest BCUT2D eigenvalue weighted by molar-refractivity contribution is -0.385. The molecule has 0 saturated carbocycles. The number of carbonyl (C=O) groups is 1. The lowest BCUT2D eigenvalue weighted by Gasteiger charge is -2.05. The minimum Gasteiger partial charge on any atom is -0.469 e. The molecule has 0 amide bonds. The van der Waals surface area contributed by atoms with Crippen LogP contribution >= 0.6 is 23.2 Å². The van der Waals surface area contributed by atoms with E-state index in [0.717, 1.165) is 0 Å². The van der Waals surface area contributed by atoms with Gasteiger partial charge in [-0.05, 0) is 6.07 Å². The van der Waals surface area contributed by atoms with Gasteiger partial charge in [-0.25, -0.2) is 0 Å². The molecule has 0 unspecified atom stereocenters. The average molecular weight is 264 g/mol. The predicted octanol–water partition coefficient (Wildman–Crippen LogP) is 2.62. The van der Waals surface area contributed by atoms with E-state index in [2.05, 4.69) is 4.74 Å². The van der Waals surface area contributed by atoms with Crippen LogP contribution in [-0.4, -0.2) is 18.0 Å². The molecule has 0 radical (unpaired) electrons. The Balaban J connectivity index is 3.26. The molecule has 1 rings (SSSR count). The summed E-state index contributed by atoms with van der Waals surface area (Å²) in [5.41, 5.74) is -0.189. The molecule has 0 aromatic heterocycles. The molecule has 0 spiro atoms. The summed E-state index contributed by atoms with van der Waals surface area (Å²) in [6.45, 7) is 0. The van der Waals surface area contributed by atoms with Gasteiger partial charge in [-0.1, -0.05) is 23.2 Å². The van der Waals surface area contributed by atoms with E-state index >= 15 is 0 Å². The SMILES string of the molecule is COC(=O)Cc1c([N+](=O)[O-])ccc(Cl)c1Cl. The summed E-state index contributed by atoms with van der Waals surface area (Å²) < 4.78 is 4.42. The quantitative estimate of drug-likeness (QED) is 0.478. The van der Waals surface area contributed by atoms with Gasteiger partial charge in [-0.3, -0.25) is 14.9 Å². The first kappa shape index (κ1) is 12.7. The minimum absolute atomic E-state index is 0.00117. The third kappa shape index (κ3) is 2.62. The number of methoxy groups -OCH3 is 1. The Kier molecular flexibility index (Phi) is 4.09. The van der Waals surface area contributed by atoms with Crippen molar-refractivity contribution in [3.05, 3.63) is 37.9 Å². The summed E-state index contributed by atoms with van der Waals surface area (Å²) in [5.74, 6) is -0.618. The van der Waals surface area contributed by atoms with Crippen molar-refractivity contribution in [3.8, 4) is 0 Å². The van der Waals surface area contributed by atoms with Gasteiger partial charge in [0.2, 0.25) is 0 Å². The highest BCUT2D eigenvalue weighted by Gasteiger charge is 2.21. The first-order chi connectivity index (χ1) is 7.47. The Bertz CT molecular complexity index is 447. The standard InChI is InChI=1S/C9H7Cl2NO4/c1-16-8(13)4-5-7(12(14)15)3-2-6(10)9(5)11/h2-3H,4H2,1H3. The third-order valence-corrected chi connectivity index (χ3v) is 2.76. The summed E-state index contributed by atoms with van der Waals surface area (Å²) >= 11 is 11.5. The van der Waals surface area contributed by atoms with Crippen molar-refractivity contribution in [2.24, 2.45) is 0 Å². The fourth-order valence-corrected chi connectivity index (χ4v) is 1.54. The van der Waals surface area contributed by atoms with Gasteiger partial charge in [0, 0.05) is 6.07 Å². The maximum Gasteiger partial charge on any atom is 0.310 e. The second kappa shape index (κ2) is 5.14. The van der Waals surface area contributed by atoms with Crippen molar-refractivity contribution in [2.45, 2.75) is 6.42 Å². The largest absolute Gasteiger partial charge is 0.469 e. The molecule has 1 aromatic carbocycles. The monoisotopic (exact) mass is 263 g/mol. The van der Waals surface area contributed by atoms with Gasteiger partial charge in [0.25, 0.3) is 5.69 Å². The predicted molar refractivity (Wildman–Crippen MR) is 58.8 cm³/mol. The van der Waals surface area contributed by atoms with Crippen molar-refractivity contribution in [1.29, 1.82) is 0 Å². The lowest BCUT2D eigenvalue weighted by Crippen LogP contribution is -2.07. The van der Waals surface area contributed by atoms with Crippen molar-refractivity contribution < 1.29 is 14.5 Å². The zero-order valence-electron chi connectivity index (χ0n) is 8.20. The van der Waals surface area contributed by atoms with E-state index in [1.807, 2.05) is 0 Å². The zero-order chi connectivity index (χ0) is 12.3. The van der Waals surface area contributed by atoms with E-state index in [1.54, 1.807) is 0 Å². The van der Waals surface area contributed by atoms with Gasteiger partial charge in [0.15, 0.2) is 0 Å². The molecule has 0 aliphatic rings. The molecule has 0 bridgehead atoms. The van der Waals surface area contributed by atoms with Crippen molar-refractivity contribution in [2.75, 3.05) is 7.11 Å². The number of esters is 1. The molecule has 16 heavy (non-hydrogen) atoms. The van der Waals surface area contributed by atoms with Gasteiger partial charge in [-0.2, -0.15) is 0 Å². The number of nitro groups is 1. The van der Waals surface area contributed by atoms with E-state index in [-0.39, 0.29) is 27.7 Å². The maximum atomic E-state index is 11.1. The Labute approximate surface area is 101 Å². The molecule has 0 atom stereocenters. The van der Waals surface area contributed by atoms with Crippen LogP contribution in [-0.2, 0) is 16.0 Å². The fraction of sp³-hybridized carbons (Fsp3) is 0.222. The number of rotatable bonds is 3. The van der Waals surface area contributed by atoms with Gasteiger partial charge >= 0.3 is 5.97 Å². The highest BCUT2D eigenvalue weighted by Crippen LogP contribution is 2.33. The molecule has 0 heterocycles. The minimum atomic E-state index is -0.625. The van der Waals surface area contributed by atoms with Gasteiger partial charge in [0.05, 0.1) is 34.1 Å².